The minimum atomic E-state index is -0.497. The summed E-state index contributed by atoms with van der Waals surface area (Å²) in [5, 5.41) is 0. The second-order valence-corrected chi connectivity index (χ2v) is 2.27. The summed E-state index contributed by atoms with van der Waals surface area (Å²) < 4.78 is 0.321. The summed E-state index contributed by atoms with van der Waals surface area (Å²) in [7, 11) is 0. The van der Waals surface area contributed by atoms with E-state index in [1.807, 2.05) is 4.98 Å². The normalized spacial score (nSPS) is 9.44. The van der Waals surface area contributed by atoms with Gasteiger partial charge in [0.05, 0.1) is 4.47 Å². The van der Waals surface area contributed by atoms with Gasteiger partial charge in [-0.15, -0.1) is 0 Å². The second-order valence-electron chi connectivity index (χ2n) is 1.42. The Hall–Kier alpha value is -0.840. The molecule has 0 saturated carbocycles. The third kappa shape index (κ3) is 1.29. The zero-order chi connectivity index (χ0) is 6.85. The van der Waals surface area contributed by atoms with E-state index in [0.29, 0.717) is 4.47 Å². The van der Waals surface area contributed by atoms with Crippen LogP contribution in [0.3, 0.4) is 0 Å². The highest BCUT2D eigenvalue weighted by molar-refractivity contribution is 9.10. The lowest BCUT2D eigenvalue weighted by Crippen LogP contribution is -2.21. The molecule has 0 aromatic carbocycles. The molecule has 4 nitrogen and oxygen atoms in total. The summed E-state index contributed by atoms with van der Waals surface area (Å²) in [6, 6.07) is 0. The van der Waals surface area contributed by atoms with Crippen LogP contribution >= 0.6 is 15.9 Å². The standard InChI is InChI=1S/C4H3BrN2O2/c5-2-1-6-4(9)7-3(2)8/h1H,(H2,6,7,8,9)/i4+2. The van der Waals surface area contributed by atoms with E-state index in [9.17, 15) is 9.59 Å². The van der Waals surface area contributed by atoms with Crippen LogP contribution in [0.5, 0.6) is 0 Å². The molecule has 0 aliphatic heterocycles. The fourth-order valence-electron chi connectivity index (χ4n) is 0.393. The van der Waals surface area contributed by atoms with Crippen LogP contribution in [0.2, 0.25) is 0 Å². The first-order chi connectivity index (χ1) is 4.20. The minimum absolute atomic E-state index is 0.321. The van der Waals surface area contributed by atoms with Crippen molar-refractivity contribution in [1.82, 2.24) is 9.97 Å². The van der Waals surface area contributed by atoms with E-state index >= 15 is 0 Å². The van der Waals surface area contributed by atoms with Gasteiger partial charge in [-0.1, -0.05) is 0 Å². The molecule has 0 aliphatic carbocycles. The number of halogens is 1. The van der Waals surface area contributed by atoms with Crippen molar-refractivity contribution in [2.75, 3.05) is 0 Å². The van der Waals surface area contributed by atoms with Gasteiger partial charge in [0.15, 0.2) is 0 Å². The van der Waals surface area contributed by atoms with Gasteiger partial charge in [0.2, 0.25) is 0 Å². The Bertz CT molecular complexity index is 313. The van der Waals surface area contributed by atoms with Gasteiger partial charge < -0.3 is 4.98 Å². The zero-order valence-electron chi connectivity index (χ0n) is 4.27. The van der Waals surface area contributed by atoms with Crippen molar-refractivity contribution in [2.24, 2.45) is 0 Å². The van der Waals surface area contributed by atoms with E-state index in [0.717, 1.165) is 0 Å². The van der Waals surface area contributed by atoms with Gasteiger partial charge >= 0.3 is 5.69 Å². The molecule has 0 amide bonds. The molecule has 48 valence electrons. The summed E-state index contributed by atoms with van der Waals surface area (Å²) >= 11 is 2.92. The summed E-state index contributed by atoms with van der Waals surface area (Å²) in [5.74, 6) is 0. The summed E-state index contributed by atoms with van der Waals surface area (Å²) in [4.78, 5) is 25.1. The van der Waals surface area contributed by atoms with Gasteiger partial charge in [0, 0.05) is 6.20 Å². The fraction of sp³-hybridized carbons (Fsp3) is 0. The van der Waals surface area contributed by atoms with E-state index in [1.165, 1.54) is 6.20 Å². The summed E-state index contributed by atoms with van der Waals surface area (Å²) in [6.07, 6.45) is 1.29. The molecule has 0 spiro atoms. The van der Waals surface area contributed by atoms with Crippen LogP contribution in [0, 0.1) is 0 Å². The number of nitrogens with one attached hydrogen (secondary N) is 2. The van der Waals surface area contributed by atoms with Gasteiger partial charge in [0.25, 0.3) is 5.56 Å². The molecular formula is C4H3BrN2O2. The predicted octanol–water partition coefficient (Wildman–Crippen LogP) is -0.174. The largest absolute Gasteiger partial charge is 0.325 e. The highest BCUT2D eigenvalue weighted by atomic mass is 79.9. The molecule has 0 radical (unpaired) electrons. The Morgan fingerprint density at radius 3 is 2.78 bits per heavy atom. The maximum absolute atomic E-state index is 10.5. The molecule has 1 heterocycles. The Morgan fingerprint density at radius 1 is 1.67 bits per heavy atom. The first-order valence-corrected chi connectivity index (χ1v) is 2.97. The van der Waals surface area contributed by atoms with Gasteiger partial charge in [-0.3, -0.25) is 9.78 Å². The molecule has 1 aromatic rings. The van der Waals surface area contributed by atoms with Crippen LogP contribution in [-0.2, 0) is 0 Å². The number of rotatable bonds is 0. The van der Waals surface area contributed by atoms with E-state index < -0.39 is 11.2 Å². The molecule has 1 aromatic heterocycles. The van der Waals surface area contributed by atoms with Crippen molar-refractivity contribution in [3.63, 3.8) is 0 Å². The number of hydrogen-bond donors (Lipinski definition) is 2. The minimum Gasteiger partial charge on any atom is -0.313 e. The SMILES string of the molecule is O=c1[nH][14c](=O)[nH]cc1Br. The topological polar surface area (TPSA) is 65.7 Å². The predicted molar refractivity (Wildman–Crippen MR) is 35.4 cm³/mol. The average Bonchev–Trinajstić information content (AvgIpc) is 1.80. The molecule has 0 aliphatic rings. The van der Waals surface area contributed by atoms with Crippen molar-refractivity contribution in [3.8, 4) is 0 Å². The molecule has 0 atom stereocenters. The molecular weight excluding hydrogens is 190 g/mol. The van der Waals surface area contributed by atoms with E-state index in [2.05, 4.69) is 20.9 Å². The quantitative estimate of drug-likeness (QED) is 0.600. The Balaban J connectivity index is 3.52. The smallest absolute Gasteiger partial charge is 0.313 e. The number of hydrogen-bond acceptors (Lipinski definition) is 2. The summed E-state index contributed by atoms with van der Waals surface area (Å²) in [5.41, 5.74) is -0.915. The molecule has 0 unspecified atom stereocenters. The Labute approximate surface area is 58.1 Å². The number of aromatic nitrogens is 2. The molecule has 9 heavy (non-hydrogen) atoms. The van der Waals surface area contributed by atoms with Crippen LogP contribution < -0.4 is 11.2 Å². The van der Waals surface area contributed by atoms with E-state index in [-0.39, 0.29) is 0 Å². The highest BCUT2D eigenvalue weighted by Crippen LogP contribution is 1.93. The maximum atomic E-state index is 10.5. The van der Waals surface area contributed by atoms with E-state index in [1.54, 1.807) is 0 Å². The van der Waals surface area contributed by atoms with Gasteiger partial charge in [-0.2, -0.15) is 0 Å². The molecule has 5 heteroatoms. The number of H-pyrrole nitrogens is 2. The maximum Gasteiger partial charge on any atom is 0.325 e. The van der Waals surface area contributed by atoms with Crippen LogP contribution in [-0.4, -0.2) is 9.97 Å². The fourth-order valence-corrected chi connectivity index (χ4v) is 0.607. The van der Waals surface area contributed by atoms with Crippen molar-refractivity contribution in [1.29, 1.82) is 0 Å². The molecule has 0 saturated heterocycles. The number of aromatic amines is 2. The lowest BCUT2D eigenvalue weighted by Gasteiger charge is -1.82. The van der Waals surface area contributed by atoms with Crippen molar-refractivity contribution >= 4 is 15.9 Å². The molecule has 1 rings (SSSR count). The van der Waals surface area contributed by atoms with Crippen molar-refractivity contribution in [3.05, 3.63) is 31.5 Å². The first-order valence-electron chi connectivity index (χ1n) is 2.17. The van der Waals surface area contributed by atoms with E-state index in [4.69, 9.17) is 0 Å². The van der Waals surface area contributed by atoms with Crippen LogP contribution in [0.1, 0.15) is 0 Å². The molecule has 2 N–H and O–H groups in total. The third-order valence-electron chi connectivity index (χ3n) is 0.774. The first kappa shape index (κ1) is 6.28. The second kappa shape index (κ2) is 2.18. The molecule has 0 bridgehead atoms. The highest BCUT2D eigenvalue weighted by Gasteiger charge is 1.90. The third-order valence-corrected chi connectivity index (χ3v) is 1.36. The van der Waals surface area contributed by atoms with Crippen molar-refractivity contribution < 1.29 is 0 Å². The van der Waals surface area contributed by atoms with Crippen LogP contribution in [0.15, 0.2) is 20.3 Å². The Kier molecular flexibility index (Phi) is 1.52. The van der Waals surface area contributed by atoms with Crippen molar-refractivity contribution in [2.45, 2.75) is 0 Å². The zero-order valence-corrected chi connectivity index (χ0v) is 5.86. The monoisotopic (exact) mass is 192 g/mol. The van der Waals surface area contributed by atoms with Gasteiger partial charge in [0.1, 0.15) is 0 Å². The van der Waals surface area contributed by atoms with Gasteiger partial charge in [-0.05, 0) is 15.9 Å². The van der Waals surface area contributed by atoms with Crippen LogP contribution in [0.4, 0.5) is 0 Å². The van der Waals surface area contributed by atoms with Gasteiger partial charge in [-0.25, -0.2) is 4.79 Å². The van der Waals surface area contributed by atoms with Crippen LogP contribution in [0.25, 0.3) is 0 Å². The lowest BCUT2D eigenvalue weighted by atomic mass is 10.7. The Morgan fingerprint density at radius 2 is 2.33 bits per heavy atom. The lowest BCUT2D eigenvalue weighted by molar-refractivity contribution is 1.02. The summed E-state index contributed by atoms with van der Waals surface area (Å²) in [6.45, 7) is 0. The average molecular weight is 193 g/mol. The molecule has 0 fully saturated rings.